The molecular weight excluding hydrogens is 1030 g/mol. The summed E-state index contributed by atoms with van der Waals surface area (Å²) in [7, 11) is -40.1. The third-order valence-electron chi connectivity index (χ3n) is 3.45. The number of phosphoric ester groups is 6. The van der Waals surface area contributed by atoms with E-state index in [9.17, 15) is 86.1 Å². The molecule has 0 aliphatic heterocycles. The van der Waals surface area contributed by atoms with E-state index < -0.39 is 83.6 Å². The van der Waals surface area contributed by atoms with Gasteiger partial charge in [-0.05, 0) is 0 Å². The van der Waals surface area contributed by atoms with E-state index in [4.69, 9.17) is 0 Å². The van der Waals surface area contributed by atoms with Gasteiger partial charge in [0, 0.05) is 226 Å². The van der Waals surface area contributed by atoms with Crippen LogP contribution in [-0.4, -0.2) is 401 Å². The number of hydrogen-bond donors (Lipinski definition) is 0. The van der Waals surface area contributed by atoms with Gasteiger partial charge in [0.25, 0.3) is 0 Å². The molecule has 1 aliphatic carbocycles. The first-order chi connectivity index (χ1) is 15.6. The molecule has 1 fully saturated rings. The third kappa shape index (κ3) is 44.0. The third-order valence-corrected chi connectivity index (χ3v) is 6.46. The number of rotatable bonds is 12. The summed E-state index contributed by atoms with van der Waals surface area (Å²) in [4.78, 5) is 133. The normalized spacial score (nSPS) is 22.0. The van der Waals surface area contributed by atoms with Crippen LogP contribution in [-0.2, 0) is 54.5 Å². The smallest absolute Gasteiger partial charge is 0.790 e. The van der Waals surface area contributed by atoms with Gasteiger partial charge in [0.15, 0.2) is 0 Å². The predicted molar refractivity (Wildman–Crippen MR) is 144 cm³/mol. The van der Waals surface area contributed by atoms with Gasteiger partial charge < -0.3 is 113 Å². The van der Waals surface area contributed by atoms with E-state index in [-0.39, 0.29) is 365 Å². The first kappa shape index (κ1) is 91.3. The predicted octanol–water partition coefficient (Wildman–Crippen LogP) is -15.3. The van der Waals surface area contributed by atoms with Crippen molar-refractivity contribution in [3.63, 3.8) is 0 Å². The summed E-state index contributed by atoms with van der Waals surface area (Å²) in [5.74, 6) is 0. The van der Waals surface area contributed by atoms with Crippen molar-refractivity contribution in [1.82, 2.24) is 0 Å². The standard InChI is InChI=1S/C6H18O24P6.6Ca.6Mg/c7-31(8,9)25-1-2(26-32(10,11)12)4(28-34(16,17)18)6(30-36(22,23)24)5(29-35(19,20)21)3(1)27-33(13,14)15;;;;;;;;;;;;/h1-6H,(H2,7,8,9)(H2,10,11,12)(H2,13,14,15)(H2,16,17,18)(H2,19,20,21)(H2,22,23,24);;;;;;;;;;;;/q;;;;;;;6*+2/p-12. The summed E-state index contributed by atoms with van der Waals surface area (Å²) in [6.45, 7) is 0. The van der Waals surface area contributed by atoms with Crippen LogP contribution < -0.4 is 58.7 Å². The maximum absolute atomic E-state index is 11.1. The van der Waals surface area contributed by atoms with Crippen LogP contribution in [0.4, 0.5) is 0 Å². The summed E-state index contributed by atoms with van der Waals surface area (Å²) < 4.78 is 88.3. The molecule has 12 radical (unpaired) electrons. The van der Waals surface area contributed by atoms with Crippen molar-refractivity contribution in [3.05, 3.63) is 0 Å². The van der Waals surface area contributed by atoms with Gasteiger partial charge in [0.2, 0.25) is 0 Å². The van der Waals surface area contributed by atoms with E-state index in [1.54, 1.807) is 0 Å². The van der Waals surface area contributed by atoms with Gasteiger partial charge in [0.1, 0.15) is 36.6 Å². The van der Waals surface area contributed by atoms with E-state index in [0.29, 0.717) is 0 Å². The molecule has 0 aromatic heterocycles. The summed E-state index contributed by atoms with van der Waals surface area (Å²) in [6, 6.07) is 0. The van der Waals surface area contributed by atoms with E-state index in [0.717, 1.165) is 0 Å². The van der Waals surface area contributed by atoms with E-state index in [1.807, 2.05) is 0 Å². The fourth-order valence-corrected chi connectivity index (χ4v) is 5.96. The van der Waals surface area contributed by atoms with Crippen molar-refractivity contribution >= 4 is 412 Å². The molecule has 0 amide bonds. The molecule has 228 valence electrons. The molecule has 0 bridgehead atoms. The second-order valence-electron chi connectivity index (χ2n) is 6.10. The van der Waals surface area contributed by atoms with E-state index in [1.165, 1.54) is 0 Å². The minimum Gasteiger partial charge on any atom is -0.790 e. The van der Waals surface area contributed by atoms with Gasteiger partial charge in [-0.3, -0.25) is 0 Å². The van der Waals surface area contributed by atoms with Crippen LogP contribution in [0.2, 0.25) is 0 Å². The van der Waals surface area contributed by atoms with Crippen LogP contribution in [0, 0.1) is 0 Å². The van der Waals surface area contributed by atoms with Crippen LogP contribution in [0.1, 0.15) is 0 Å². The molecular formula is C6H6Ca6Mg6O24P6. The molecule has 0 unspecified atom stereocenters. The zero-order valence-corrected chi connectivity index (χ0v) is 51.5. The van der Waals surface area contributed by atoms with Gasteiger partial charge in [-0.15, -0.1) is 0 Å². The largest absolute Gasteiger partial charge is 2.00 e. The van der Waals surface area contributed by atoms with Gasteiger partial charge >= 0.3 is 138 Å². The van der Waals surface area contributed by atoms with Crippen LogP contribution in [0.5, 0.6) is 0 Å². The van der Waals surface area contributed by atoms with E-state index in [2.05, 4.69) is 27.1 Å². The zero-order chi connectivity index (χ0) is 28.7. The SMILES string of the molecule is O=P([O-])([O-])OC1C(OP(=O)([O-])[O-])C(OP(=O)([O-])[O-])C(OP(=O)([O-])[O-])C(OP(=O)([O-])[O-])C1OP(=O)([O-])[O-].[Ca].[Ca].[Ca].[Ca].[Ca].[Ca].[Mg+2].[Mg+2].[Mg+2].[Mg+2].[Mg+2].[Mg+2]. The van der Waals surface area contributed by atoms with Crippen LogP contribution in [0.25, 0.3) is 0 Å². The fourth-order valence-electron chi connectivity index (χ4n) is 2.74. The van der Waals surface area contributed by atoms with Crippen molar-refractivity contribution < 1.29 is 113 Å². The first-order valence-corrected chi connectivity index (χ1v) is 16.6. The summed E-state index contributed by atoms with van der Waals surface area (Å²) >= 11 is 0. The Bertz CT molecular complexity index is 869. The van der Waals surface area contributed by atoms with Crippen LogP contribution in [0.3, 0.4) is 0 Å². The minimum atomic E-state index is -6.68. The Hall–Kier alpha value is 12.8. The molecule has 24 nitrogen and oxygen atoms in total. The average Bonchev–Trinajstić information content (AvgIpc) is 2.51. The Balaban J connectivity index is -0.000000108. The Morgan fingerprint density at radius 3 is 0.354 bits per heavy atom. The van der Waals surface area contributed by atoms with Gasteiger partial charge in [-0.1, -0.05) is 0 Å². The fraction of sp³-hybridized carbons (Fsp3) is 1.00. The molecule has 0 heterocycles. The topological polar surface area (TPSA) is 435 Å². The van der Waals surface area contributed by atoms with Crippen LogP contribution in [0.15, 0.2) is 0 Å². The van der Waals surface area contributed by atoms with Gasteiger partial charge in [-0.25, -0.2) is 0 Å². The van der Waals surface area contributed by atoms with Gasteiger partial charge in [0.05, 0.1) is 46.9 Å². The molecule has 48 heavy (non-hydrogen) atoms. The molecule has 1 rings (SSSR count). The number of phosphoric acid groups is 6. The number of hydrogen-bond acceptors (Lipinski definition) is 24. The Labute approximate surface area is 547 Å². The molecule has 0 aromatic rings. The summed E-state index contributed by atoms with van der Waals surface area (Å²) in [5.41, 5.74) is 0. The minimum absolute atomic E-state index is 0. The molecule has 42 heteroatoms. The molecule has 1 saturated carbocycles. The maximum atomic E-state index is 11.1. The van der Waals surface area contributed by atoms with Crippen molar-refractivity contribution in [1.29, 1.82) is 0 Å². The van der Waals surface area contributed by atoms with Crippen molar-refractivity contribution in [2.24, 2.45) is 0 Å². The maximum Gasteiger partial charge on any atom is 2.00 e. The second-order valence-corrected chi connectivity index (χ2v) is 12.7. The van der Waals surface area contributed by atoms with Gasteiger partial charge in [-0.2, -0.15) is 0 Å². The van der Waals surface area contributed by atoms with Crippen molar-refractivity contribution in [2.75, 3.05) is 0 Å². The average molecular weight is 1030 g/mol. The van der Waals surface area contributed by atoms with Crippen LogP contribution >= 0.6 is 46.9 Å². The molecule has 0 spiro atoms. The molecule has 0 atom stereocenters. The zero-order valence-electron chi connectivity index (χ0n) is 24.4. The van der Waals surface area contributed by atoms with Crippen molar-refractivity contribution in [3.8, 4) is 0 Å². The Morgan fingerprint density at radius 2 is 0.312 bits per heavy atom. The molecule has 0 aromatic carbocycles. The van der Waals surface area contributed by atoms with Crippen molar-refractivity contribution in [2.45, 2.75) is 36.6 Å². The van der Waals surface area contributed by atoms with E-state index >= 15 is 0 Å². The molecule has 0 saturated heterocycles. The quantitative estimate of drug-likeness (QED) is 0.129. The summed E-state index contributed by atoms with van der Waals surface area (Å²) in [5, 5.41) is 0. The first-order valence-electron chi connectivity index (χ1n) is 7.80. The monoisotopic (exact) mass is 1030 g/mol. The molecule has 1 aliphatic rings. The Kier molecular flexibility index (Phi) is 74.2. The molecule has 0 N–H and O–H groups in total. The summed E-state index contributed by atoms with van der Waals surface area (Å²) in [6.07, 6.45) is -21.5. The Morgan fingerprint density at radius 1 is 0.250 bits per heavy atom. The second kappa shape index (κ2) is 39.0.